The average molecular weight is 501 g/mol. The van der Waals surface area contributed by atoms with E-state index in [-0.39, 0.29) is 35.4 Å². The molecule has 4 heterocycles. The first kappa shape index (κ1) is 23.7. The second-order valence-corrected chi connectivity index (χ2v) is 8.52. The smallest absolute Gasteiger partial charge is 0.292 e. The van der Waals surface area contributed by atoms with Crippen LogP contribution in [0.4, 0.5) is 6.01 Å². The molecule has 0 saturated carbocycles. The number of carbonyl (C=O) groups excluding carboxylic acids is 4. The summed E-state index contributed by atoms with van der Waals surface area (Å²) in [4.78, 5) is 58.4. The highest BCUT2D eigenvalue weighted by molar-refractivity contribution is 8.00. The first-order valence-corrected chi connectivity index (χ1v) is 11.1. The maximum atomic E-state index is 12.9. The number of nitrogens with two attached hydrogens (primary N) is 2. The summed E-state index contributed by atoms with van der Waals surface area (Å²) in [5.74, 6) is -3.26. The number of hydrogen-bond acceptors (Lipinski definition) is 11. The van der Waals surface area contributed by atoms with E-state index in [4.69, 9.17) is 15.9 Å². The van der Waals surface area contributed by atoms with Crippen molar-refractivity contribution in [2.45, 2.75) is 18.0 Å². The lowest BCUT2D eigenvalue weighted by atomic mass is 10.0. The van der Waals surface area contributed by atoms with Gasteiger partial charge in [0.15, 0.2) is 24.7 Å². The standard InChI is InChI=1S/C20H19N7O7S/c1-33-25-12(11-7-34-20(22)23-11)16(29)24-13-17(30)27-14(19(31)32)10(8-35-18(13)27)6-26-4-2-9(3-5-26)15(21)28/h2-5,7,13,18H,6,8H2,1H3,(H5-,21,22,23,24,28,29,31,32)/b25-12+/t13-,18-/m1/s1. The summed E-state index contributed by atoms with van der Waals surface area (Å²) in [7, 11) is 1.22. The Labute approximate surface area is 201 Å². The Kier molecular flexibility index (Phi) is 6.42. The molecular formula is C20H19N7O7S. The van der Waals surface area contributed by atoms with Crippen LogP contribution in [0.3, 0.4) is 0 Å². The number of aromatic nitrogens is 2. The number of pyridine rings is 1. The third-order valence-corrected chi connectivity index (χ3v) is 6.58. The molecule has 5 N–H and O–H groups in total. The molecule has 182 valence electrons. The Balaban J connectivity index is 1.52. The fraction of sp³-hybridized carbons (Fsp3) is 0.250. The number of hydrogen-bond donors (Lipinski definition) is 3. The Morgan fingerprint density at radius 3 is 2.69 bits per heavy atom. The van der Waals surface area contributed by atoms with E-state index in [0.29, 0.717) is 11.1 Å². The lowest BCUT2D eigenvalue weighted by Crippen LogP contribution is -2.71. The van der Waals surface area contributed by atoms with Gasteiger partial charge in [-0.3, -0.25) is 19.3 Å². The maximum absolute atomic E-state index is 12.9. The number of oxazole rings is 1. The molecular weight excluding hydrogens is 482 g/mol. The highest BCUT2D eigenvalue weighted by Crippen LogP contribution is 2.40. The number of nitrogens with one attached hydrogen (secondary N) is 1. The van der Waals surface area contributed by atoms with Crippen LogP contribution in [0.1, 0.15) is 16.1 Å². The van der Waals surface area contributed by atoms with Gasteiger partial charge in [0.2, 0.25) is 5.91 Å². The van der Waals surface area contributed by atoms with Gasteiger partial charge in [-0.25, -0.2) is 4.57 Å². The van der Waals surface area contributed by atoms with Gasteiger partial charge in [-0.05, 0) is 0 Å². The predicted molar refractivity (Wildman–Crippen MR) is 117 cm³/mol. The number of carboxylic acids is 1. The van der Waals surface area contributed by atoms with Crippen LogP contribution in [-0.2, 0) is 25.8 Å². The maximum Gasteiger partial charge on any atom is 0.292 e. The molecule has 0 spiro atoms. The third kappa shape index (κ3) is 4.52. The molecule has 2 aromatic heterocycles. The van der Waals surface area contributed by atoms with Crippen LogP contribution in [0.2, 0.25) is 0 Å². The second kappa shape index (κ2) is 9.46. The fourth-order valence-electron chi connectivity index (χ4n) is 3.64. The Hall–Kier alpha value is -4.40. The summed E-state index contributed by atoms with van der Waals surface area (Å²) in [6, 6.07) is 1.80. The Morgan fingerprint density at radius 1 is 1.40 bits per heavy atom. The molecule has 35 heavy (non-hydrogen) atoms. The molecule has 0 unspecified atom stereocenters. The van der Waals surface area contributed by atoms with Crippen LogP contribution in [0.5, 0.6) is 0 Å². The predicted octanol–water partition coefficient (Wildman–Crippen LogP) is -2.90. The number of thioether (sulfide) groups is 1. The summed E-state index contributed by atoms with van der Waals surface area (Å²) in [5.41, 5.74) is 10.9. The minimum absolute atomic E-state index is 0.00115. The van der Waals surface area contributed by atoms with Crippen molar-refractivity contribution < 1.29 is 38.1 Å². The number of oxime groups is 1. The lowest BCUT2D eigenvalue weighted by molar-refractivity contribution is -0.689. The van der Waals surface area contributed by atoms with E-state index in [1.807, 2.05) is 0 Å². The number of aliphatic carboxylic acids is 1. The number of carboxylic acid groups (broad SMARTS) is 1. The second-order valence-electron chi connectivity index (χ2n) is 7.42. The number of carbonyl (C=O) groups is 4. The monoisotopic (exact) mass is 501 g/mol. The van der Waals surface area contributed by atoms with Crippen LogP contribution in [0.15, 0.2) is 51.6 Å². The van der Waals surface area contributed by atoms with Crippen molar-refractivity contribution in [1.82, 2.24) is 15.2 Å². The summed E-state index contributed by atoms with van der Waals surface area (Å²) in [6.45, 7) is 0.140. The van der Waals surface area contributed by atoms with Crippen LogP contribution in [0.25, 0.3) is 0 Å². The molecule has 2 aliphatic rings. The van der Waals surface area contributed by atoms with Gasteiger partial charge in [-0.2, -0.15) is 4.98 Å². The molecule has 3 amide bonds. The van der Waals surface area contributed by atoms with E-state index in [0.717, 1.165) is 11.2 Å². The normalized spacial score (nSPS) is 19.6. The first-order valence-electron chi connectivity index (χ1n) is 10.0. The van der Waals surface area contributed by atoms with Gasteiger partial charge >= 0.3 is 0 Å². The van der Waals surface area contributed by atoms with Crippen molar-refractivity contribution in [3.05, 3.63) is 53.3 Å². The van der Waals surface area contributed by atoms with Gasteiger partial charge in [0, 0.05) is 23.5 Å². The molecule has 4 rings (SSSR count). The van der Waals surface area contributed by atoms with Crippen LogP contribution < -0.4 is 26.5 Å². The van der Waals surface area contributed by atoms with Crippen molar-refractivity contribution in [1.29, 1.82) is 0 Å². The number of anilines is 1. The van der Waals surface area contributed by atoms with Crippen LogP contribution >= 0.6 is 11.8 Å². The molecule has 0 bridgehead atoms. The zero-order chi connectivity index (χ0) is 25.3. The van der Waals surface area contributed by atoms with Crippen molar-refractivity contribution in [3.63, 3.8) is 0 Å². The molecule has 2 atom stereocenters. The van der Waals surface area contributed by atoms with Crippen molar-refractivity contribution in [3.8, 4) is 0 Å². The minimum atomic E-state index is -1.52. The fourth-order valence-corrected chi connectivity index (χ4v) is 4.98. The van der Waals surface area contributed by atoms with Gasteiger partial charge in [0.05, 0.1) is 17.2 Å². The first-order chi connectivity index (χ1) is 16.7. The van der Waals surface area contributed by atoms with Crippen LogP contribution in [-0.4, -0.2) is 63.6 Å². The summed E-state index contributed by atoms with van der Waals surface area (Å²) in [6.07, 6.45) is 4.25. The minimum Gasteiger partial charge on any atom is -0.543 e. The van der Waals surface area contributed by atoms with E-state index in [2.05, 4.69) is 20.3 Å². The zero-order valence-electron chi connectivity index (χ0n) is 18.2. The van der Waals surface area contributed by atoms with Gasteiger partial charge in [-0.1, -0.05) is 5.16 Å². The topological polar surface area (TPSA) is 210 Å². The zero-order valence-corrected chi connectivity index (χ0v) is 19.0. The molecule has 2 aromatic rings. The highest BCUT2D eigenvalue weighted by Gasteiger charge is 2.53. The third-order valence-electron chi connectivity index (χ3n) is 5.24. The number of nitrogens with zero attached hydrogens (tertiary/aromatic N) is 4. The lowest BCUT2D eigenvalue weighted by Gasteiger charge is -2.50. The van der Waals surface area contributed by atoms with Gasteiger partial charge in [0.1, 0.15) is 30.5 Å². The van der Waals surface area contributed by atoms with E-state index in [9.17, 15) is 24.3 Å². The highest BCUT2D eigenvalue weighted by atomic mass is 32.2. The number of nitrogen functional groups attached to an aromatic ring is 1. The van der Waals surface area contributed by atoms with E-state index < -0.39 is 35.1 Å². The molecule has 15 heteroatoms. The summed E-state index contributed by atoms with van der Waals surface area (Å²) >= 11 is 1.28. The number of amides is 3. The molecule has 1 fully saturated rings. The summed E-state index contributed by atoms with van der Waals surface area (Å²) < 4.78 is 6.53. The van der Waals surface area contributed by atoms with Crippen molar-refractivity contribution in [2.75, 3.05) is 18.6 Å². The van der Waals surface area contributed by atoms with Crippen molar-refractivity contribution in [2.24, 2.45) is 10.9 Å². The van der Waals surface area contributed by atoms with E-state index >= 15 is 0 Å². The Morgan fingerprint density at radius 2 is 2.11 bits per heavy atom. The quantitative estimate of drug-likeness (QED) is 0.145. The number of rotatable bonds is 8. The number of fused-ring (bicyclic) bond motifs is 1. The molecule has 0 radical (unpaired) electrons. The molecule has 1 saturated heterocycles. The largest absolute Gasteiger partial charge is 0.543 e. The Bertz CT molecular complexity index is 1270. The summed E-state index contributed by atoms with van der Waals surface area (Å²) in [5, 5.41) is 17.4. The molecule has 0 aliphatic carbocycles. The van der Waals surface area contributed by atoms with Crippen molar-refractivity contribution >= 4 is 47.2 Å². The SMILES string of the molecule is CO/N=C(/C(=O)N[C@@H]1C(=O)N2C(C(=O)[O-])=C(C[n+]3ccc(C(N)=O)cc3)CS[C@H]12)c1coc(N)n1. The van der Waals surface area contributed by atoms with Gasteiger partial charge < -0.3 is 35.9 Å². The number of primary amides is 1. The van der Waals surface area contributed by atoms with Gasteiger partial charge in [-0.15, -0.1) is 11.8 Å². The van der Waals surface area contributed by atoms with Crippen LogP contribution in [0, 0.1) is 0 Å². The molecule has 14 nitrogen and oxygen atoms in total. The van der Waals surface area contributed by atoms with Gasteiger partial charge in [0.25, 0.3) is 17.8 Å². The average Bonchev–Trinajstić information content (AvgIpc) is 3.26. The molecule has 0 aromatic carbocycles. The molecule has 2 aliphatic heterocycles. The number of β-lactam (4-membered cyclic amide) rings is 1. The van der Waals surface area contributed by atoms with E-state index in [1.165, 1.54) is 31.0 Å². The van der Waals surface area contributed by atoms with E-state index in [1.54, 1.807) is 17.0 Å².